The lowest BCUT2D eigenvalue weighted by Crippen LogP contribution is -2.56. The Kier molecular flexibility index (Phi) is 9.76. The molecule has 0 aliphatic heterocycles. The van der Waals surface area contributed by atoms with E-state index in [4.69, 9.17) is 10.8 Å². The number of amides is 2. The predicted octanol–water partition coefficient (Wildman–Crippen LogP) is 0.227. The summed E-state index contributed by atoms with van der Waals surface area (Å²) in [5.41, 5.74) is 6.54. The summed E-state index contributed by atoms with van der Waals surface area (Å²) >= 11 is 0. The van der Waals surface area contributed by atoms with Gasteiger partial charge in [0.2, 0.25) is 11.8 Å². The molecule has 0 saturated heterocycles. The van der Waals surface area contributed by atoms with Gasteiger partial charge in [-0.3, -0.25) is 14.4 Å². The lowest BCUT2D eigenvalue weighted by Gasteiger charge is -2.24. The van der Waals surface area contributed by atoms with Gasteiger partial charge in [-0.1, -0.05) is 32.4 Å². The van der Waals surface area contributed by atoms with Crippen molar-refractivity contribution >= 4 is 23.8 Å². The van der Waals surface area contributed by atoms with Crippen LogP contribution in [0.4, 0.5) is 0 Å². The van der Waals surface area contributed by atoms with E-state index in [9.17, 15) is 29.4 Å². The predicted molar refractivity (Wildman–Crippen MR) is 108 cm³/mol. The van der Waals surface area contributed by atoms with Gasteiger partial charge in [0.1, 0.15) is 17.8 Å². The van der Waals surface area contributed by atoms with E-state index in [2.05, 4.69) is 10.6 Å². The van der Waals surface area contributed by atoms with Gasteiger partial charge in [-0.2, -0.15) is 0 Å². The Hall–Kier alpha value is -3.14. The second-order valence-corrected chi connectivity index (χ2v) is 7.17. The molecule has 166 valence electrons. The minimum atomic E-state index is -1.42. The monoisotopic (exact) mass is 423 g/mol. The zero-order chi connectivity index (χ0) is 22.8. The maximum Gasteiger partial charge on any atom is 0.326 e. The fourth-order valence-corrected chi connectivity index (χ4v) is 2.65. The molecule has 1 rings (SSSR count). The fraction of sp³-hybridized carbons (Fsp3) is 0.500. The molecule has 0 radical (unpaired) electrons. The molecule has 0 bridgehead atoms. The van der Waals surface area contributed by atoms with Crippen molar-refractivity contribution in [2.75, 3.05) is 0 Å². The highest BCUT2D eigenvalue weighted by molar-refractivity contribution is 5.92. The Labute approximate surface area is 174 Å². The zero-order valence-corrected chi connectivity index (χ0v) is 17.0. The van der Waals surface area contributed by atoms with Crippen LogP contribution in [0.2, 0.25) is 0 Å². The first-order chi connectivity index (χ1) is 14.0. The second-order valence-electron chi connectivity index (χ2n) is 7.17. The third kappa shape index (κ3) is 8.08. The molecule has 10 heteroatoms. The van der Waals surface area contributed by atoms with E-state index < -0.39 is 48.3 Å². The number of carboxylic acid groups (broad SMARTS) is 2. The number of benzene rings is 1. The standard InChI is InChI=1S/C20H29N3O7/c1-3-11(2)17(21)19(28)23-15(10-12-4-6-13(24)7-5-12)18(27)22-14(20(29)30)8-9-16(25)26/h4-7,11,14-15,17,24H,3,8-10,21H2,1-2H3,(H,22,27)(H,23,28)(H,25,26)(H,29,30)/t11-,14-,15-,17-/m0/s1. The van der Waals surface area contributed by atoms with Gasteiger partial charge in [-0.05, 0) is 30.0 Å². The highest BCUT2D eigenvalue weighted by atomic mass is 16.4. The number of nitrogens with one attached hydrogen (secondary N) is 2. The van der Waals surface area contributed by atoms with Crippen molar-refractivity contribution in [3.05, 3.63) is 29.8 Å². The van der Waals surface area contributed by atoms with Crippen LogP contribution in [0.25, 0.3) is 0 Å². The van der Waals surface area contributed by atoms with Gasteiger partial charge >= 0.3 is 11.9 Å². The van der Waals surface area contributed by atoms with E-state index in [0.717, 1.165) is 0 Å². The number of phenols is 1. The van der Waals surface area contributed by atoms with Crippen LogP contribution < -0.4 is 16.4 Å². The van der Waals surface area contributed by atoms with E-state index in [1.165, 1.54) is 12.1 Å². The van der Waals surface area contributed by atoms with Crippen LogP contribution in [0, 0.1) is 5.92 Å². The zero-order valence-electron chi connectivity index (χ0n) is 17.0. The summed E-state index contributed by atoms with van der Waals surface area (Å²) in [6, 6.07) is 2.56. The molecule has 30 heavy (non-hydrogen) atoms. The summed E-state index contributed by atoms with van der Waals surface area (Å²) in [4.78, 5) is 47.3. The molecule has 2 amide bonds. The average Bonchev–Trinajstić information content (AvgIpc) is 2.70. The van der Waals surface area contributed by atoms with E-state index in [0.29, 0.717) is 12.0 Å². The molecule has 0 aliphatic rings. The highest BCUT2D eigenvalue weighted by Crippen LogP contribution is 2.13. The van der Waals surface area contributed by atoms with Crippen molar-refractivity contribution in [1.82, 2.24) is 10.6 Å². The van der Waals surface area contributed by atoms with Crippen LogP contribution in [0.15, 0.2) is 24.3 Å². The number of aliphatic carboxylic acids is 2. The molecule has 0 fully saturated rings. The van der Waals surface area contributed by atoms with Gasteiger partial charge in [0.25, 0.3) is 0 Å². The number of carbonyl (C=O) groups is 4. The number of hydrogen-bond donors (Lipinski definition) is 6. The SMILES string of the molecule is CC[C@H](C)[C@H](N)C(=O)N[C@@H](Cc1ccc(O)cc1)C(=O)N[C@@H](CCC(=O)O)C(=O)O. The van der Waals surface area contributed by atoms with E-state index in [1.54, 1.807) is 19.1 Å². The molecule has 0 unspecified atom stereocenters. The van der Waals surface area contributed by atoms with Crippen molar-refractivity contribution in [2.24, 2.45) is 11.7 Å². The quantitative estimate of drug-likeness (QED) is 0.276. The van der Waals surface area contributed by atoms with Crippen LogP contribution >= 0.6 is 0 Å². The lowest BCUT2D eigenvalue weighted by molar-refractivity contribution is -0.143. The summed E-state index contributed by atoms with van der Waals surface area (Å²) in [6.07, 6.45) is -0.0656. The second kappa shape index (κ2) is 11.8. The number of nitrogens with two attached hydrogens (primary N) is 1. The molecular weight excluding hydrogens is 394 g/mol. The van der Waals surface area contributed by atoms with Gasteiger partial charge < -0.3 is 31.7 Å². The molecule has 1 aromatic rings. The van der Waals surface area contributed by atoms with Crippen molar-refractivity contribution in [3.8, 4) is 5.75 Å². The highest BCUT2D eigenvalue weighted by Gasteiger charge is 2.29. The number of rotatable bonds is 12. The van der Waals surface area contributed by atoms with Gasteiger partial charge in [0.05, 0.1) is 6.04 Å². The smallest absolute Gasteiger partial charge is 0.326 e. The molecule has 0 aliphatic carbocycles. The third-order valence-corrected chi connectivity index (χ3v) is 4.83. The van der Waals surface area contributed by atoms with Crippen LogP contribution in [0.3, 0.4) is 0 Å². The van der Waals surface area contributed by atoms with E-state index >= 15 is 0 Å². The number of carbonyl (C=O) groups excluding carboxylic acids is 2. The van der Waals surface area contributed by atoms with E-state index in [1.807, 2.05) is 6.92 Å². The van der Waals surface area contributed by atoms with Crippen molar-refractivity contribution < 1.29 is 34.5 Å². The normalized spacial score (nSPS) is 14.8. The first kappa shape index (κ1) is 24.9. The number of hydrogen-bond acceptors (Lipinski definition) is 6. The molecule has 0 heterocycles. The van der Waals surface area contributed by atoms with Gasteiger partial charge in [0.15, 0.2) is 0 Å². The van der Waals surface area contributed by atoms with Crippen LogP contribution in [-0.2, 0) is 25.6 Å². The van der Waals surface area contributed by atoms with Crippen molar-refractivity contribution in [3.63, 3.8) is 0 Å². The van der Waals surface area contributed by atoms with Crippen molar-refractivity contribution in [2.45, 2.75) is 57.7 Å². The lowest BCUT2D eigenvalue weighted by atomic mass is 9.98. The molecule has 0 saturated carbocycles. The minimum absolute atomic E-state index is 0.0242. The summed E-state index contributed by atoms with van der Waals surface area (Å²) in [5, 5.41) is 32.3. The summed E-state index contributed by atoms with van der Waals surface area (Å²) < 4.78 is 0. The van der Waals surface area contributed by atoms with Gasteiger partial charge in [-0.25, -0.2) is 4.79 Å². The molecule has 0 aromatic heterocycles. The first-order valence-electron chi connectivity index (χ1n) is 9.64. The van der Waals surface area contributed by atoms with Crippen molar-refractivity contribution in [1.29, 1.82) is 0 Å². The summed E-state index contributed by atoms with van der Waals surface area (Å²) in [6.45, 7) is 3.67. The minimum Gasteiger partial charge on any atom is -0.508 e. The van der Waals surface area contributed by atoms with Crippen LogP contribution in [0.5, 0.6) is 5.75 Å². The number of aromatic hydroxyl groups is 1. The molecular formula is C20H29N3O7. The van der Waals surface area contributed by atoms with Crippen LogP contribution in [-0.4, -0.2) is 57.2 Å². The Morgan fingerprint density at radius 1 is 1.00 bits per heavy atom. The summed E-state index contributed by atoms with van der Waals surface area (Å²) in [5.74, 6) is -4.00. The van der Waals surface area contributed by atoms with Crippen LogP contribution in [0.1, 0.15) is 38.7 Å². The van der Waals surface area contributed by atoms with Gasteiger partial charge in [0, 0.05) is 12.8 Å². The molecule has 0 spiro atoms. The first-order valence-corrected chi connectivity index (χ1v) is 9.64. The third-order valence-electron chi connectivity index (χ3n) is 4.83. The topological polar surface area (TPSA) is 179 Å². The Bertz CT molecular complexity index is 751. The van der Waals surface area contributed by atoms with E-state index in [-0.39, 0.29) is 24.5 Å². The maximum absolute atomic E-state index is 12.7. The largest absolute Gasteiger partial charge is 0.508 e. The molecule has 7 N–H and O–H groups in total. The van der Waals surface area contributed by atoms with Gasteiger partial charge in [-0.15, -0.1) is 0 Å². The fourth-order valence-electron chi connectivity index (χ4n) is 2.65. The number of carboxylic acids is 2. The Morgan fingerprint density at radius 3 is 2.07 bits per heavy atom. The Morgan fingerprint density at radius 2 is 1.57 bits per heavy atom. The molecule has 4 atom stereocenters. The average molecular weight is 423 g/mol. The molecule has 10 nitrogen and oxygen atoms in total. The molecule has 1 aromatic carbocycles. The Balaban J connectivity index is 3.00. The maximum atomic E-state index is 12.7. The number of phenolic OH excluding ortho intramolecular Hbond substituents is 1. The summed E-state index contributed by atoms with van der Waals surface area (Å²) in [7, 11) is 0.